The number of aliphatic hydroxyl groups is 2. The van der Waals surface area contributed by atoms with Gasteiger partial charge in [0.25, 0.3) is 0 Å². The van der Waals surface area contributed by atoms with Gasteiger partial charge in [0, 0.05) is 50.5 Å². The minimum atomic E-state index is -1.11. The van der Waals surface area contributed by atoms with E-state index in [4.69, 9.17) is 33.7 Å². The number of rotatable bonds is 14. The van der Waals surface area contributed by atoms with Crippen molar-refractivity contribution in [3.05, 3.63) is 132 Å². The van der Waals surface area contributed by atoms with Crippen molar-refractivity contribution in [3.8, 4) is 17.2 Å². The summed E-state index contributed by atoms with van der Waals surface area (Å²) in [7, 11) is 4.08. The first-order valence-corrected chi connectivity index (χ1v) is 60.4. The number of nitrogens with zero attached hydrogens (tertiary/aromatic N) is 6. The van der Waals surface area contributed by atoms with E-state index in [1.165, 1.54) is 182 Å². The van der Waals surface area contributed by atoms with E-state index in [1.54, 1.807) is 16.7 Å². The molecule has 0 spiro atoms. The molecule has 16 atom stereocenters. The van der Waals surface area contributed by atoms with E-state index in [0.717, 1.165) is 113 Å². The molecule has 646 valence electrons. The first-order chi connectivity index (χ1) is 54.2. The summed E-state index contributed by atoms with van der Waals surface area (Å²) < 4.78 is 27.2. The maximum atomic E-state index is 11.2. The summed E-state index contributed by atoms with van der Waals surface area (Å²) in [5.41, 5.74) is 15.0. The standard InChI is InChI=1S/C26H37NO2.C25H35NO2.C22H27BrO2.C6H13NO.2C6H18NSi2.C5H11NO.2K/c1-26-13-11-23-22-9-7-21(28)16-18(22)5-8-24(23)25(26)10-6-19(26)12-15-29-17-20-4-3-14-27(20)2;1-25-12-9-22-21-7-5-19(27)15-17(21)3-6-23(22)24(25)8-4-18(25)11-14-28-20-10-13-26(2)16-20;1-14(24)25-17-5-7-18-15(13-17)3-6-20-19(18)9-11-22(2)16(10-12-23)4-8-21(20)22;1-7-4-2-3-6(7)5-8;2*1-8(2,3)7-9(4,5)6;1-6-3-2-5(7)4-6;;/h7,9,12,16,20,23-25,28H,3-6,8,10-11,13-15,17H2,1-2H3;5,7,11,15,20,22-24,27H,3-4,6,8-10,12-14,16H2,1-2H3;5,7,10,13,19-21H,3-4,6,8-9,11-12H2,1-2H3;6,8H,2-5H2,1H3;2*1-6H3;5,7H,2-4H2,1H3;;/q;;;;2*-1;;2*+1/b19-12+;18-11+;16-10+;;;;;;. The van der Waals surface area contributed by atoms with Crippen molar-refractivity contribution in [2.75, 3.05) is 99.2 Å². The van der Waals surface area contributed by atoms with Crippen LogP contribution in [0.1, 0.15) is 214 Å². The van der Waals surface area contributed by atoms with Crippen molar-refractivity contribution in [2.45, 2.75) is 302 Å². The first kappa shape index (κ1) is 103. The summed E-state index contributed by atoms with van der Waals surface area (Å²) in [6.45, 7) is 46.0. The summed E-state index contributed by atoms with van der Waals surface area (Å²) in [6.07, 6.45) is 37.8. The summed E-state index contributed by atoms with van der Waals surface area (Å²) in [6, 6.07) is 19.6. The molecule has 10 fully saturated rings. The summed E-state index contributed by atoms with van der Waals surface area (Å²) in [4.78, 5) is 20.4. The molecular formula is C96H159BrK2N6O8Si4. The van der Waals surface area contributed by atoms with E-state index < -0.39 is 32.9 Å². The van der Waals surface area contributed by atoms with Gasteiger partial charge in [-0.2, -0.15) is 0 Å². The van der Waals surface area contributed by atoms with E-state index in [-0.39, 0.29) is 115 Å². The molecule has 4 N–H and O–H groups in total. The Hall–Kier alpha value is 0.170. The third-order valence-corrected chi connectivity index (χ3v) is 40.3. The molecule has 3 aromatic rings. The summed E-state index contributed by atoms with van der Waals surface area (Å²) in [5.74, 6) is 8.31. The zero-order chi connectivity index (χ0) is 83.6. The topological polar surface area (TPSA) is 167 Å². The molecule has 6 saturated carbocycles. The second-order valence-corrected chi connectivity index (χ2v) is 62.0. The number of hydrogen-bond donors (Lipinski definition) is 4. The summed E-state index contributed by atoms with van der Waals surface area (Å²) >= 11 is 3.60. The fraction of sp³-hybridized carbons (Fsp3) is 0.740. The van der Waals surface area contributed by atoms with Crippen LogP contribution < -0.4 is 108 Å². The Morgan fingerprint density at radius 2 is 0.906 bits per heavy atom. The van der Waals surface area contributed by atoms with Gasteiger partial charge in [0.05, 0.1) is 38.6 Å². The van der Waals surface area contributed by atoms with Gasteiger partial charge in [-0.25, -0.2) is 0 Å². The number of β-amino-alcohol motifs (C(OH)–C–C–N with tert-alkyl or cyclic N) is 1. The molecule has 4 aliphatic heterocycles. The average molecular weight is 1800 g/mol. The quantitative estimate of drug-likeness (QED) is 0.0302. The Bertz CT molecular complexity index is 3690. The molecular weight excluding hydrogens is 1640 g/mol. The van der Waals surface area contributed by atoms with Gasteiger partial charge in [0.15, 0.2) is 0 Å². The van der Waals surface area contributed by atoms with Crippen LogP contribution in [0.3, 0.4) is 0 Å². The number of carbonyl (C=O) groups excluding carboxylic acids is 1. The Morgan fingerprint density at radius 3 is 1.25 bits per heavy atom. The van der Waals surface area contributed by atoms with Crippen molar-refractivity contribution in [2.24, 2.45) is 51.8 Å². The largest absolute Gasteiger partial charge is 1.00 e. The van der Waals surface area contributed by atoms with Gasteiger partial charge in [0.2, 0.25) is 0 Å². The maximum Gasteiger partial charge on any atom is 1.00 e. The molecule has 13 aliphatic rings. The Kier molecular flexibility index (Phi) is 39.8. The average Bonchev–Trinajstić information content (AvgIpc) is 1.65. The van der Waals surface area contributed by atoms with Crippen molar-refractivity contribution in [1.82, 2.24) is 19.6 Å². The number of carbonyl (C=O) groups is 1. The Morgan fingerprint density at radius 1 is 0.504 bits per heavy atom. The molecule has 14 nitrogen and oxygen atoms in total. The number of phenolic OH excluding ortho intramolecular Hbond substituents is 2. The normalized spacial score (nSPS) is 32.6. The maximum absolute atomic E-state index is 11.2. The van der Waals surface area contributed by atoms with E-state index >= 15 is 0 Å². The number of hydrogen-bond acceptors (Lipinski definition) is 12. The molecule has 16 unspecified atom stereocenters. The third-order valence-electron chi connectivity index (χ3n) is 29.3. The van der Waals surface area contributed by atoms with Crippen LogP contribution in [-0.2, 0) is 33.5 Å². The molecule has 0 radical (unpaired) electrons. The van der Waals surface area contributed by atoms with Crippen LogP contribution >= 0.6 is 15.9 Å². The first-order valence-electron chi connectivity index (χ1n) is 45.5. The molecule has 3 aromatic carbocycles. The van der Waals surface area contributed by atoms with Crippen LogP contribution in [0.15, 0.2) is 89.5 Å². The zero-order valence-electron chi connectivity index (χ0n) is 77.7. The Balaban J connectivity index is 0.000000182. The Labute approximate surface area is 809 Å². The van der Waals surface area contributed by atoms with Crippen molar-refractivity contribution >= 4 is 54.8 Å². The van der Waals surface area contributed by atoms with E-state index in [1.807, 2.05) is 37.4 Å². The smallest absolute Gasteiger partial charge is 0.668 e. The van der Waals surface area contributed by atoms with Crippen LogP contribution in [0.25, 0.3) is 9.30 Å². The fourth-order valence-electron chi connectivity index (χ4n) is 24.6. The number of likely N-dealkylation sites (N-methyl/N-ethyl adjacent to an activating group) is 4. The number of ether oxygens (including phenoxy) is 3. The number of aromatic hydroxyl groups is 2. The molecule has 0 aromatic heterocycles. The number of aliphatic hydroxyl groups excluding tert-OH is 2. The second-order valence-electron chi connectivity index (χ2n) is 42.2. The van der Waals surface area contributed by atoms with Gasteiger partial charge in [-0.05, 0) is 335 Å². The SMILES string of the molecule is CC(=O)Oc1ccc2c(c1)CCC1C2CCC2(C)/C(=C/CBr)CCC12.CN1CCC(O)C1.CN1CCC(OC/C=C2\CCC3C4CCc5cc(O)ccc5C4CCC23C)C1.CN1CCCC1CO.CN1CCCC1COC/C=C1\CCC2C3CCc4cc(O)ccc4C3CCC12C.C[Si](C)(C)[N-][Si](C)(C)C.C[Si](C)(C)[N-][Si](C)(C)C.[K+].[K+]. The predicted octanol–water partition coefficient (Wildman–Crippen LogP) is 15.8. The zero-order valence-corrected chi connectivity index (χ0v) is 89.5. The number of halogens is 1. The van der Waals surface area contributed by atoms with Crippen molar-refractivity contribution < 1.29 is 142 Å². The van der Waals surface area contributed by atoms with Crippen LogP contribution in [-0.4, -0.2) is 202 Å². The van der Waals surface area contributed by atoms with Gasteiger partial charge in [-0.3, -0.25) is 4.79 Å². The molecule has 117 heavy (non-hydrogen) atoms. The number of aryl methyl sites for hydroxylation is 3. The number of esters is 1. The molecule has 4 saturated heterocycles. The minimum absolute atomic E-state index is 0. The third kappa shape index (κ3) is 28.3. The van der Waals surface area contributed by atoms with Gasteiger partial charge in [-0.15, -0.1) is 0 Å². The van der Waals surface area contributed by atoms with Crippen molar-refractivity contribution in [1.29, 1.82) is 0 Å². The molecule has 9 aliphatic carbocycles. The number of fused-ring (bicyclic) bond motifs is 15. The number of likely N-dealkylation sites (tertiary alicyclic amines) is 4. The van der Waals surface area contributed by atoms with Crippen LogP contribution in [0.2, 0.25) is 78.6 Å². The molecule has 4 heterocycles. The monoisotopic (exact) mass is 1790 g/mol. The number of benzene rings is 3. The number of alkyl halides is 1. The summed E-state index contributed by atoms with van der Waals surface area (Å²) in [5, 5.41) is 38.3. The van der Waals surface area contributed by atoms with Gasteiger partial charge < -0.3 is 63.5 Å². The van der Waals surface area contributed by atoms with Crippen LogP contribution in [0, 0.1) is 51.8 Å². The van der Waals surface area contributed by atoms with E-state index in [2.05, 4.69) is 199 Å². The van der Waals surface area contributed by atoms with Crippen molar-refractivity contribution in [3.63, 3.8) is 0 Å². The molecule has 21 heteroatoms. The van der Waals surface area contributed by atoms with Gasteiger partial charge in [0.1, 0.15) is 17.2 Å². The van der Waals surface area contributed by atoms with Gasteiger partial charge >= 0.3 is 109 Å². The van der Waals surface area contributed by atoms with Crippen LogP contribution in [0.5, 0.6) is 17.2 Å². The van der Waals surface area contributed by atoms with Gasteiger partial charge in [-0.1, -0.05) is 201 Å². The second kappa shape index (κ2) is 45.4. The van der Waals surface area contributed by atoms with E-state index in [9.17, 15) is 15.0 Å². The predicted molar refractivity (Wildman–Crippen MR) is 495 cm³/mol. The molecule has 0 amide bonds. The number of phenols is 2. The van der Waals surface area contributed by atoms with Crippen LogP contribution in [0.4, 0.5) is 0 Å². The number of allylic oxidation sites excluding steroid dienone is 4. The molecule has 0 bridgehead atoms. The minimum Gasteiger partial charge on any atom is -0.668 e. The van der Waals surface area contributed by atoms with E-state index in [0.29, 0.717) is 76.0 Å². The molecule has 16 rings (SSSR count). The fourth-order valence-corrected chi connectivity index (χ4v) is 41.1.